The molecule has 0 spiro atoms. The van der Waals surface area contributed by atoms with Gasteiger partial charge in [0.25, 0.3) is 0 Å². The molecule has 1 unspecified atom stereocenters. The first-order valence-corrected chi connectivity index (χ1v) is 6.79. The van der Waals surface area contributed by atoms with Gasteiger partial charge in [0.15, 0.2) is 5.82 Å². The predicted octanol–water partition coefficient (Wildman–Crippen LogP) is -0.0288. The Morgan fingerprint density at radius 3 is 2.78 bits per heavy atom. The lowest BCUT2D eigenvalue weighted by Gasteiger charge is -2.29. The summed E-state index contributed by atoms with van der Waals surface area (Å²) in [6.45, 7) is 5.12. The van der Waals surface area contributed by atoms with Gasteiger partial charge in [-0.2, -0.15) is 0 Å². The maximum atomic E-state index is 12.2. The van der Waals surface area contributed by atoms with Gasteiger partial charge in [0.1, 0.15) is 5.03 Å². The van der Waals surface area contributed by atoms with Crippen molar-refractivity contribution < 1.29 is 4.79 Å². The van der Waals surface area contributed by atoms with Gasteiger partial charge in [-0.1, -0.05) is 11.8 Å². The second-order valence-corrected chi connectivity index (χ2v) is 5.41. The minimum atomic E-state index is -0.193. The van der Waals surface area contributed by atoms with Gasteiger partial charge in [-0.3, -0.25) is 4.79 Å². The average molecular weight is 267 g/mol. The monoisotopic (exact) mass is 267 g/mol. The number of anilines is 1. The lowest BCUT2D eigenvalue weighted by molar-refractivity contribution is -0.130. The molecule has 1 aliphatic rings. The molecule has 2 heterocycles. The van der Waals surface area contributed by atoms with E-state index in [0.717, 1.165) is 26.2 Å². The van der Waals surface area contributed by atoms with Crippen LogP contribution in [0.1, 0.15) is 6.92 Å². The minimum absolute atomic E-state index is 0.131. The van der Waals surface area contributed by atoms with Crippen LogP contribution in [0, 0.1) is 0 Å². The zero-order chi connectivity index (χ0) is 13.0. The van der Waals surface area contributed by atoms with Crippen molar-refractivity contribution in [2.45, 2.75) is 17.2 Å². The minimum Gasteiger partial charge on any atom is -0.381 e. The molecule has 3 N–H and O–H groups in total. The third kappa shape index (κ3) is 3.11. The largest absolute Gasteiger partial charge is 0.381 e. The highest BCUT2D eigenvalue weighted by molar-refractivity contribution is 8.00. The standard InChI is InChI=1S/C11H17N5OS/c1-8(11(17)16-6-4-13-5-7-16)18-10-9(12)14-2-3-15-10/h2-3,8,13H,4-7H2,1H3,(H2,12,14). The first kappa shape index (κ1) is 13.1. The number of nitrogen functional groups attached to an aromatic ring is 1. The molecule has 0 aromatic carbocycles. The Hall–Kier alpha value is -1.34. The number of rotatable bonds is 3. The summed E-state index contributed by atoms with van der Waals surface area (Å²) in [7, 11) is 0. The van der Waals surface area contributed by atoms with Crippen LogP contribution in [0.2, 0.25) is 0 Å². The van der Waals surface area contributed by atoms with Gasteiger partial charge in [-0.05, 0) is 6.92 Å². The number of thioether (sulfide) groups is 1. The van der Waals surface area contributed by atoms with E-state index in [1.165, 1.54) is 11.8 Å². The van der Waals surface area contributed by atoms with Gasteiger partial charge in [0.05, 0.1) is 5.25 Å². The maximum Gasteiger partial charge on any atom is 0.235 e. The van der Waals surface area contributed by atoms with Crippen LogP contribution in [0.3, 0.4) is 0 Å². The molecule has 7 heteroatoms. The smallest absolute Gasteiger partial charge is 0.235 e. The third-order valence-corrected chi connectivity index (χ3v) is 3.85. The van der Waals surface area contributed by atoms with Gasteiger partial charge in [-0.15, -0.1) is 0 Å². The summed E-state index contributed by atoms with van der Waals surface area (Å²) in [4.78, 5) is 22.2. The number of nitrogens with two attached hydrogens (primary N) is 1. The number of piperazine rings is 1. The number of carbonyl (C=O) groups is 1. The first-order valence-electron chi connectivity index (χ1n) is 5.91. The number of aromatic nitrogens is 2. The van der Waals surface area contributed by atoms with Gasteiger partial charge in [0.2, 0.25) is 5.91 Å². The molecule has 0 radical (unpaired) electrons. The van der Waals surface area contributed by atoms with Crippen LogP contribution < -0.4 is 11.1 Å². The SMILES string of the molecule is CC(Sc1nccnc1N)C(=O)N1CCNCC1. The number of nitrogens with one attached hydrogen (secondary N) is 1. The van der Waals surface area contributed by atoms with Gasteiger partial charge in [-0.25, -0.2) is 9.97 Å². The molecule has 0 saturated carbocycles. The van der Waals surface area contributed by atoms with Crippen molar-refractivity contribution in [2.24, 2.45) is 0 Å². The Morgan fingerprint density at radius 1 is 1.44 bits per heavy atom. The molecule has 1 aromatic rings. The molecule has 1 atom stereocenters. The highest BCUT2D eigenvalue weighted by Gasteiger charge is 2.23. The van der Waals surface area contributed by atoms with Crippen LogP contribution in [-0.4, -0.2) is 52.2 Å². The van der Waals surface area contributed by atoms with E-state index in [1.54, 1.807) is 12.4 Å². The van der Waals surface area contributed by atoms with E-state index < -0.39 is 0 Å². The fourth-order valence-corrected chi connectivity index (χ4v) is 2.67. The van der Waals surface area contributed by atoms with E-state index >= 15 is 0 Å². The molecule has 98 valence electrons. The Labute approximate surface area is 110 Å². The topological polar surface area (TPSA) is 84.1 Å². The summed E-state index contributed by atoms with van der Waals surface area (Å²) >= 11 is 1.36. The Kier molecular flexibility index (Phi) is 4.38. The lowest BCUT2D eigenvalue weighted by Crippen LogP contribution is -2.48. The Morgan fingerprint density at radius 2 is 2.11 bits per heavy atom. The summed E-state index contributed by atoms with van der Waals surface area (Å²) < 4.78 is 0. The molecule has 1 amide bonds. The van der Waals surface area contributed by atoms with E-state index in [-0.39, 0.29) is 11.2 Å². The van der Waals surface area contributed by atoms with Crippen LogP contribution >= 0.6 is 11.8 Å². The van der Waals surface area contributed by atoms with Crippen LogP contribution in [0.15, 0.2) is 17.4 Å². The van der Waals surface area contributed by atoms with Gasteiger partial charge in [0, 0.05) is 38.6 Å². The van der Waals surface area contributed by atoms with Crippen molar-refractivity contribution in [3.05, 3.63) is 12.4 Å². The number of hydrogen-bond donors (Lipinski definition) is 2. The Balaban J connectivity index is 1.96. The van der Waals surface area contributed by atoms with Gasteiger partial charge >= 0.3 is 0 Å². The fraction of sp³-hybridized carbons (Fsp3) is 0.545. The average Bonchev–Trinajstić information content (AvgIpc) is 2.41. The molecule has 1 aliphatic heterocycles. The highest BCUT2D eigenvalue weighted by atomic mass is 32.2. The summed E-state index contributed by atoms with van der Waals surface area (Å²) in [6, 6.07) is 0. The molecule has 0 bridgehead atoms. The molecule has 6 nitrogen and oxygen atoms in total. The van der Waals surface area contributed by atoms with Crippen LogP contribution in [-0.2, 0) is 4.79 Å². The van der Waals surface area contributed by atoms with Crippen molar-refractivity contribution in [3.63, 3.8) is 0 Å². The van der Waals surface area contributed by atoms with Crippen LogP contribution in [0.4, 0.5) is 5.82 Å². The molecule has 1 saturated heterocycles. The van der Waals surface area contributed by atoms with Crippen LogP contribution in [0.25, 0.3) is 0 Å². The Bertz CT molecular complexity index is 422. The first-order chi connectivity index (χ1) is 8.68. The fourth-order valence-electron chi connectivity index (χ4n) is 1.79. The quantitative estimate of drug-likeness (QED) is 0.748. The predicted molar refractivity (Wildman–Crippen MR) is 71.2 cm³/mol. The summed E-state index contributed by atoms with van der Waals surface area (Å²) in [5, 5.41) is 3.65. The molecule has 18 heavy (non-hydrogen) atoms. The summed E-state index contributed by atoms with van der Waals surface area (Å²) in [5.41, 5.74) is 5.72. The molecular weight excluding hydrogens is 250 g/mol. The van der Waals surface area contributed by atoms with Crippen molar-refractivity contribution in [1.82, 2.24) is 20.2 Å². The van der Waals surface area contributed by atoms with E-state index in [4.69, 9.17) is 5.73 Å². The third-order valence-electron chi connectivity index (χ3n) is 2.76. The van der Waals surface area contributed by atoms with Crippen molar-refractivity contribution in [1.29, 1.82) is 0 Å². The summed E-state index contributed by atoms with van der Waals surface area (Å²) in [6.07, 6.45) is 3.13. The molecular formula is C11H17N5OS. The van der Waals surface area contributed by atoms with E-state index in [2.05, 4.69) is 15.3 Å². The number of hydrogen-bond acceptors (Lipinski definition) is 6. The second kappa shape index (κ2) is 6.01. The normalized spacial score (nSPS) is 17.5. The number of amides is 1. The van der Waals surface area contributed by atoms with E-state index in [0.29, 0.717) is 10.8 Å². The molecule has 0 aliphatic carbocycles. The zero-order valence-corrected chi connectivity index (χ0v) is 11.1. The molecule has 1 aromatic heterocycles. The molecule has 1 fully saturated rings. The second-order valence-electron chi connectivity index (χ2n) is 4.08. The van der Waals surface area contributed by atoms with E-state index in [1.807, 2.05) is 11.8 Å². The number of carbonyl (C=O) groups excluding carboxylic acids is 1. The zero-order valence-electron chi connectivity index (χ0n) is 10.3. The van der Waals surface area contributed by atoms with Crippen molar-refractivity contribution >= 4 is 23.5 Å². The van der Waals surface area contributed by atoms with Crippen molar-refractivity contribution in [3.8, 4) is 0 Å². The maximum absolute atomic E-state index is 12.2. The van der Waals surface area contributed by atoms with Crippen LogP contribution in [0.5, 0.6) is 0 Å². The highest BCUT2D eigenvalue weighted by Crippen LogP contribution is 2.25. The lowest BCUT2D eigenvalue weighted by atomic mass is 10.3. The van der Waals surface area contributed by atoms with Gasteiger partial charge < -0.3 is 16.0 Å². The van der Waals surface area contributed by atoms with Crippen molar-refractivity contribution in [2.75, 3.05) is 31.9 Å². The summed E-state index contributed by atoms with van der Waals surface area (Å²) in [5.74, 6) is 0.508. The number of nitrogens with zero attached hydrogens (tertiary/aromatic N) is 3. The molecule has 2 rings (SSSR count). The van der Waals surface area contributed by atoms with E-state index in [9.17, 15) is 4.79 Å².